The molecule has 1 aliphatic rings. The van der Waals surface area contributed by atoms with Crippen molar-refractivity contribution in [2.75, 3.05) is 13.2 Å². The predicted octanol–water partition coefficient (Wildman–Crippen LogP) is 4.25. The van der Waals surface area contributed by atoms with E-state index < -0.39 is 11.7 Å². The lowest BCUT2D eigenvalue weighted by molar-refractivity contribution is -0.131. The molecule has 1 aromatic carbocycles. The van der Waals surface area contributed by atoms with Crippen molar-refractivity contribution in [1.29, 1.82) is 0 Å². The van der Waals surface area contributed by atoms with Gasteiger partial charge in [0.15, 0.2) is 0 Å². The van der Waals surface area contributed by atoms with Crippen LogP contribution in [0.25, 0.3) is 0 Å². The second-order valence-electron chi connectivity index (χ2n) is 5.82. The second kappa shape index (κ2) is 7.81. The van der Waals surface area contributed by atoms with E-state index in [4.69, 9.17) is 9.47 Å². The normalized spacial score (nSPS) is 19.8. The maximum absolute atomic E-state index is 11.0. The van der Waals surface area contributed by atoms with Gasteiger partial charge in [-0.05, 0) is 44.4 Å². The van der Waals surface area contributed by atoms with Crippen molar-refractivity contribution in [3.05, 3.63) is 29.8 Å². The third kappa shape index (κ3) is 3.98. The molecule has 21 heavy (non-hydrogen) atoms. The Morgan fingerprint density at radius 2 is 1.81 bits per heavy atom. The highest BCUT2D eigenvalue weighted by Crippen LogP contribution is 2.41. The van der Waals surface area contributed by atoms with Gasteiger partial charge in [0.05, 0.1) is 12.2 Å². The van der Waals surface area contributed by atoms with E-state index in [1.165, 1.54) is 12.8 Å². The number of benzene rings is 1. The van der Waals surface area contributed by atoms with Crippen molar-refractivity contribution in [1.82, 2.24) is 0 Å². The summed E-state index contributed by atoms with van der Waals surface area (Å²) in [5.41, 5.74) is 0.465. The van der Waals surface area contributed by atoms with E-state index in [9.17, 15) is 5.11 Å². The highest BCUT2D eigenvalue weighted by atomic mass is 16.5. The number of aliphatic hydroxyl groups is 1. The number of hydrogen-bond donors (Lipinski definition) is 1. The Balaban J connectivity index is 2.24. The summed E-state index contributed by atoms with van der Waals surface area (Å²) in [6, 6.07) is 7.79. The summed E-state index contributed by atoms with van der Waals surface area (Å²) in [5.74, 6) is 0.814. The van der Waals surface area contributed by atoms with E-state index in [-0.39, 0.29) is 0 Å². The van der Waals surface area contributed by atoms with Crippen molar-refractivity contribution < 1.29 is 14.6 Å². The molecule has 2 rings (SSSR count). The summed E-state index contributed by atoms with van der Waals surface area (Å²) < 4.78 is 11.6. The SMILES string of the molecule is CCOc1cccc(C(O)C2(OCC)CCCCCC2)c1. The topological polar surface area (TPSA) is 38.7 Å². The first-order chi connectivity index (χ1) is 10.2. The Labute approximate surface area is 128 Å². The van der Waals surface area contributed by atoms with Gasteiger partial charge in [0.25, 0.3) is 0 Å². The van der Waals surface area contributed by atoms with Crippen LogP contribution in [0.4, 0.5) is 0 Å². The summed E-state index contributed by atoms with van der Waals surface area (Å²) in [7, 11) is 0. The van der Waals surface area contributed by atoms with Gasteiger partial charge < -0.3 is 14.6 Å². The number of aliphatic hydroxyl groups excluding tert-OH is 1. The van der Waals surface area contributed by atoms with E-state index in [1.807, 2.05) is 38.1 Å². The first kappa shape index (κ1) is 16.3. The lowest BCUT2D eigenvalue weighted by Gasteiger charge is -2.37. The van der Waals surface area contributed by atoms with Crippen molar-refractivity contribution in [3.8, 4) is 5.75 Å². The largest absolute Gasteiger partial charge is 0.494 e. The highest BCUT2D eigenvalue weighted by molar-refractivity contribution is 5.31. The van der Waals surface area contributed by atoms with Crippen LogP contribution in [0.3, 0.4) is 0 Å². The van der Waals surface area contributed by atoms with Crippen LogP contribution < -0.4 is 4.74 Å². The molecule has 0 saturated heterocycles. The highest BCUT2D eigenvalue weighted by Gasteiger charge is 2.39. The van der Waals surface area contributed by atoms with Gasteiger partial charge in [-0.25, -0.2) is 0 Å². The molecule has 1 aromatic rings. The van der Waals surface area contributed by atoms with Crippen LogP contribution in [0.1, 0.15) is 64.0 Å². The van der Waals surface area contributed by atoms with Gasteiger partial charge in [-0.3, -0.25) is 0 Å². The van der Waals surface area contributed by atoms with Crippen molar-refractivity contribution in [3.63, 3.8) is 0 Å². The van der Waals surface area contributed by atoms with Gasteiger partial charge in [-0.1, -0.05) is 37.8 Å². The summed E-state index contributed by atoms with van der Waals surface area (Å²) in [6.45, 7) is 5.25. The monoisotopic (exact) mass is 292 g/mol. The molecule has 1 unspecified atom stereocenters. The summed E-state index contributed by atoms with van der Waals surface area (Å²) in [6.07, 6.45) is 6.00. The minimum atomic E-state index is -0.587. The van der Waals surface area contributed by atoms with Crippen molar-refractivity contribution in [2.24, 2.45) is 0 Å². The van der Waals surface area contributed by atoms with Gasteiger partial charge in [-0.2, -0.15) is 0 Å². The molecule has 0 amide bonds. The molecule has 1 aliphatic carbocycles. The zero-order valence-electron chi connectivity index (χ0n) is 13.3. The second-order valence-corrected chi connectivity index (χ2v) is 5.82. The molecule has 0 spiro atoms. The minimum absolute atomic E-state index is 0.434. The standard InChI is InChI=1S/C18H28O3/c1-3-20-16-11-9-10-15(14-16)17(19)18(21-4-2)12-7-5-6-8-13-18/h9-11,14,17,19H,3-8,12-13H2,1-2H3. The molecule has 0 bridgehead atoms. The number of hydrogen-bond acceptors (Lipinski definition) is 3. The van der Waals surface area contributed by atoms with Gasteiger partial charge in [0.2, 0.25) is 0 Å². The van der Waals surface area contributed by atoms with Crippen LogP contribution in [0.15, 0.2) is 24.3 Å². The lowest BCUT2D eigenvalue weighted by Crippen LogP contribution is -2.39. The van der Waals surface area contributed by atoms with Crippen LogP contribution in [-0.4, -0.2) is 23.9 Å². The number of ether oxygens (including phenoxy) is 2. The average Bonchev–Trinajstić information content (AvgIpc) is 2.74. The van der Waals surface area contributed by atoms with Crippen LogP contribution in [0.5, 0.6) is 5.75 Å². The van der Waals surface area contributed by atoms with E-state index in [0.29, 0.717) is 13.2 Å². The molecule has 3 nitrogen and oxygen atoms in total. The Morgan fingerprint density at radius 1 is 1.10 bits per heavy atom. The Hall–Kier alpha value is -1.06. The van der Waals surface area contributed by atoms with Crippen LogP contribution in [-0.2, 0) is 4.74 Å². The molecule has 3 heteroatoms. The Morgan fingerprint density at radius 3 is 2.43 bits per heavy atom. The van der Waals surface area contributed by atoms with Gasteiger partial charge in [-0.15, -0.1) is 0 Å². The van der Waals surface area contributed by atoms with Gasteiger partial charge in [0, 0.05) is 6.61 Å². The minimum Gasteiger partial charge on any atom is -0.494 e. The fourth-order valence-electron chi connectivity index (χ4n) is 3.36. The molecule has 1 fully saturated rings. The first-order valence-electron chi connectivity index (χ1n) is 8.26. The lowest BCUT2D eigenvalue weighted by atomic mass is 9.84. The zero-order valence-corrected chi connectivity index (χ0v) is 13.3. The molecule has 0 aromatic heterocycles. The maximum Gasteiger partial charge on any atom is 0.119 e. The molecule has 1 atom stereocenters. The van der Waals surface area contributed by atoms with Crippen molar-refractivity contribution in [2.45, 2.75) is 64.1 Å². The fourth-order valence-corrected chi connectivity index (χ4v) is 3.36. The smallest absolute Gasteiger partial charge is 0.119 e. The maximum atomic E-state index is 11.0. The van der Waals surface area contributed by atoms with E-state index in [2.05, 4.69) is 0 Å². The quantitative estimate of drug-likeness (QED) is 0.797. The molecule has 1 saturated carbocycles. The summed E-state index contributed by atoms with van der Waals surface area (Å²) in [5, 5.41) is 11.0. The third-order valence-corrected chi connectivity index (χ3v) is 4.36. The third-order valence-electron chi connectivity index (χ3n) is 4.36. The summed E-state index contributed by atoms with van der Waals surface area (Å²) >= 11 is 0. The Kier molecular flexibility index (Phi) is 6.07. The van der Waals surface area contributed by atoms with Crippen LogP contribution in [0.2, 0.25) is 0 Å². The molecular weight excluding hydrogens is 264 g/mol. The predicted molar refractivity (Wildman–Crippen MR) is 84.6 cm³/mol. The molecule has 118 valence electrons. The average molecular weight is 292 g/mol. The zero-order chi connectivity index (χ0) is 15.1. The Bertz CT molecular complexity index is 422. The molecule has 0 heterocycles. The summed E-state index contributed by atoms with van der Waals surface area (Å²) in [4.78, 5) is 0. The number of rotatable bonds is 6. The molecule has 0 radical (unpaired) electrons. The van der Waals surface area contributed by atoms with E-state index in [0.717, 1.165) is 37.0 Å². The fraction of sp³-hybridized carbons (Fsp3) is 0.667. The molecular formula is C18H28O3. The van der Waals surface area contributed by atoms with Gasteiger partial charge >= 0.3 is 0 Å². The van der Waals surface area contributed by atoms with Crippen LogP contribution in [0, 0.1) is 0 Å². The van der Waals surface area contributed by atoms with Crippen molar-refractivity contribution >= 4 is 0 Å². The van der Waals surface area contributed by atoms with Gasteiger partial charge in [0.1, 0.15) is 11.9 Å². The van der Waals surface area contributed by atoms with E-state index >= 15 is 0 Å². The first-order valence-corrected chi connectivity index (χ1v) is 8.26. The van der Waals surface area contributed by atoms with Crippen LogP contribution >= 0.6 is 0 Å². The molecule has 0 aliphatic heterocycles. The molecule has 1 N–H and O–H groups in total. The van der Waals surface area contributed by atoms with E-state index in [1.54, 1.807) is 0 Å².